The number of Topliss-reactive ketones (excluding diaryl/α,β-unsaturated/α-hetero) is 1. The SMILES string of the molecule is CCN(CC)CCC(=O)c1ccc(Oc2ccc(Cl)cc2)cc1.Cl. The van der Waals surface area contributed by atoms with E-state index in [-0.39, 0.29) is 18.2 Å². The van der Waals surface area contributed by atoms with Gasteiger partial charge in [-0.2, -0.15) is 0 Å². The van der Waals surface area contributed by atoms with E-state index in [0.717, 1.165) is 30.9 Å². The molecule has 24 heavy (non-hydrogen) atoms. The summed E-state index contributed by atoms with van der Waals surface area (Å²) in [5.41, 5.74) is 0.723. The highest BCUT2D eigenvalue weighted by molar-refractivity contribution is 6.30. The second kappa shape index (κ2) is 10.3. The van der Waals surface area contributed by atoms with Crippen molar-refractivity contribution in [1.29, 1.82) is 0 Å². The molecule has 2 rings (SSSR count). The first-order valence-corrected chi connectivity index (χ1v) is 8.29. The van der Waals surface area contributed by atoms with Crippen LogP contribution in [0.5, 0.6) is 11.5 Å². The Bertz CT molecular complexity index is 623. The number of carbonyl (C=O) groups excluding carboxylic acids is 1. The van der Waals surface area contributed by atoms with Gasteiger partial charge in [-0.15, -0.1) is 12.4 Å². The first kappa shape index (κ1) is 20.5. The van der Waals surface area contributed by atoms with Crippen molar-refractivity contribution in [2.45, 2.75) is 20.3 Å². The highest BCUT2D eigenvalue weighted by Crippen LogP contribution is 2.23. The molecule has 130 valence electrons. The van der Waals surface area contributed by atoms with Gasteiger partial charge in [0.2, 0.25) is 0 Å². The molecular formula is C19H23Cl2NO2. The first-order valence-electron chi connectivity index (χ1n) is 7.91. The normalized spacial score (nSPS) is 10.3. The summed E-state index contributed by atoms with van der Waals surface area (Å²) in [7, 11) is 0. The summed E-state index contributed by atoms with van der Waals surface area (Å²) in [6.07, 6.45) is 0.541. The maximum absolute atomic E-state index is 12.2. The van der Waals surface area contributed by atoms with Crippen molar-refractivity contribution in [1.82, 2.24) is 4.90 Å². The van der Waals surface area contributed by atoms with Gasteiger partial charge >= 0.3 is 0 Å². The molecule has 0 aliphatic heterocycles. The van der Waals surface area contributed by atoms with Gasteiger partial charge in [0.1, 0.15) is 11.5 Å². The van der Waals surface area contributed by atoms with Crippen molar-refractivity contribution < 1.29 is 9.53 Å². The van der Waals surface area contributed by atoms with E-state index < -0.39 is 0 Å². The monoisotopic (exact) mass is 367 g/mol. The summed E-state index contributed by atoms with van der Waals surface area (Å²) in [5, 5.41) is 0.673. The molecule has 2 aromatic rings. The molecule has 0 saturated heterocycles. The van der Waals surface area contributed by atoms with Crippen molar-refractivity contribution >= 4 is 29.8 Å². The van der Waals surface area contributed by atoms with Crippen molar-refractivity contribution in [2.75, 3.05) is 19.6 Å². The van der Waals surface area contributed by atoms with E-state index in [0.29, 0.717) is 17.2 Å². The number of rotatable bonds is 8. The number of ether oxygens (including phenoxy) is 1. The fraction of sp³-hybridized carbons (Fsp3) is 0.316. The predicted molar refractivity (Wildman–Crippen MR) is 102 cm³/mol. The summed E-state index contributed by atoms with van der Waals surface area (Å²) in [4.78, 5) is 14.5. The molecule has 0 heterocycles. The lowest BCUT2D eigenvalue weighted by Gasteiger charge is -2.17. The predicted octanol–water partition coefficient (Wildman–Crippen LogP) is 5.47. The summed E-state index contributed by atoms with van der Waals surface area (Å²) in [5.74, 6) is 1.58. The van der Waals surface area contributed by atoms with Crippen LogP contribution in [0.25, 0.3) is 0 Å². The molecule has 0 amide bonds. The van der Waals surface area contributed by atoms with Gasteiger partial charge in [0.25, 0.3) is 0 Å². The molecule has 5 heteroatoms. The molecule has 0 radical (unpaired) electrons. The lowest BCUT2D eigenvalue weighted by molar-refractivity contribution is 0.0966. The van der Waals surface area contributed by atoms with E-state index in [4.69, 9.17) is 16.3 Å². The quantitative estimate of drug-likeness (QED) is 0.579. The van der Waals surface area contributed by atoms with Gasteiger partial charge in [-0.1, -0.05) is 25.4 Å². The van der Waals surface area contributed by atoms with Gasteiger partial charge < -0.3 is 9.64 Å². The molecule has 0 fully saturated rings. The molecule has 0 atom stereocenters. The number of hydrogen-bond donors (Lipinski definition) is 0. The topological polar surface area (TPSA) is 29.5 Å². The molecule has 0 unspecified atom stereocenters. The molecule has 0 aliphatic carbocycles. The van der Waals surface area contributed by atoms with Crippen LogP contribution in [-0.4, -0.2) is 30.3 Å². The van der Waals surface area contributed by atoms with E-state index >= 15 is 0 Å². The van der Waals surface area contributed by atoms with E-state index in [2.05, 4.69) is 18.7 Å². The standard InChI is InChI=1S/C19H22ClNO2.ClH/c1-3-21(4-2)14-13-19(22)15-5-9-17(10-6-15)23-18-11-7-16(20)8-12-18;/h5-12H,3-4,13-14H2,1-2H3;1H. The number of carbonyl (C=O) groups is 1. The maximum atomic E-state index is 12.2. The largest absolute Gasteiger partial charge is 0.457 e. The Hall–Kier alpha value is -1.55. The van der Waals surface area contributed by atoms with E-state index in [1.165, 1.54) is 0 Å². The van der Waals surface area contributed by atoms with Crippen molar-refractivity contribution in [3.63, 3.8) is 0 Å². The lowest BCUT2D eigenvalue weighted by Crippen LogP contribution is -2.25. The van der Waals surface area contributed by atoms with Crippen LogP contribution < -0.4 is 4.74 Å². The van der Waals surface area contributed by atoms with Crippen LogP contribution in [0.15, 0.2) is 48.5 Å². The lowest BCUT2D eigenvalue weighted by atomic mass is 10.1. The minimum atomic E-state index is 0. The van der Waals surface area contributed by atoms with Crippen LogP contribution in [0.3, 0.4) is 0 Å². The van der Waals surface area contributed by atoms with Crippen molar-refractivity contribution in [3.8, 4) is 11.5 Å². The second-order valence-corrected chi connectivity index (χ2v) is 5.72. The molecule has 0 saturated carbocycles. The third kappa shape index (κ3) is 6.16. The van der Waals surface area contributed by atoms with Crippen LogP contribution >= 0.6 is 24.0 Å². The highest BCUT2D eigenvalue weighted by Gasteiger charge is 2.08. The van der Waals surface area contributed by atoms with Crippen LogP contribution in [0.1, 0.15) is 30.6 Å². The molecular weight excluding hydrogens is 345 g/mol. The smallest absolute Gasteiger partial charge is 0.164 e. The molecule has 0 bridgehead atoms. The van der Waals surface area contributed by atoms with E-state index in [9.17, 15) is 4.79 Å². The third-order valence-electron chi connectivity index (χ3n) is 3.78. The van der Waals surface area contributed by atoms with E-state index in [1.807, 2.05) is 36.4 Å². The number of hydrogen-bond acceptors (Lipinski definition) is 3. The molecule has 0 N–H and O–H groups in total. The Balaban J connectivity index is 0.00000288. The zero-order chi connectivity index (χ0) is 16.7. The molecule has 0 aromatic heterocycles. The Labute approximate surface area is 155 Å². The van der Waals surface area contributed by atoms with Crippen LogP contribution in [0.2, 0.25) is 5.02 Å². The maximum Gasteiger partial charge on any atom is 0.164 e. The Morgan fingerprint density at radius 2 is 1.46 bits per heavy atom. The fourth-order valence-electron chi connectivity index (χ4n) is 2.29. The minimum Gasteiger partial charge on any atom is -0.457 e. The summed E-state index contributed by atoms with van der Waals surface area (Å²) >= 11 is 5.85. The van der Waals surface area contributed by atoms with Gasteiger partial charge in [0.15, 0.2) is 5.78 Å². The zero-order valence-corrected chi connectivity index (χ0v) is 15.6. The molecule has 3 nitrogen and oxygen atoms in total. The van der Waals surface area contributed by atoms with Crippen LogP contribution in [0.4, 0.5) is 0 Å². The molecule has 0 spiro atoms. The number of nitrogens with zero attached hydrogens (tertiary/aromatic N) is 1. The Morgan fingerprint density at radius 3 is 1.96 bits per heavy atom. The summed E-state index contributed by atoms with van der Waals surface area (Å²) < 4.78 is 5.72. The zero-order valence-electron chi connectivity index (χ0n) is 14.0. The van der Waals surface area contributed by atoms with Crippen molar-refractivity contribution in [2.24, 2.45) is 0 Å². The van der Waals surface area contributed by atoms with Crippen LogP contribution in [-0.2, 0) is 0 Å². The number of halogens is 2. The van der Waals surface area contributed by atoms with Gasteiger partial charge in [-0.25, -0.2) is 0 Å². The van der Waals surface area contributed by atoms with Crippen molar-refractivity contribution in [3.05, 3.63) is 59.1 Å². The minimum absolute atomic E-state index is 0. The van der Waals surface area contributed by atoms with Gasteiger partial charge in [0, 0.05) is 23.6 Å². The summed E-state index contributed by atoms with van der Waals surface area (Å²) in [6, 6.07) is 14.4. The number of ketones is 1. The first-order chi connectivity index (χ1) is 11.1. The average Bonchev–Trinajstić information content (AvgIpc) is 2.58. The third-order valence-corrected chi connectivity index (χ3v) is 4.03. The van der Waals surface area contributed by atoms with Gasteiger partial charge in [0.05, 0.1) is 0 Å². The Morgan fingerprint density at radius 1 is 0.958 bits per heavy atom. The highest BCUT2D eigenvalue weighted by atomic mass is 35.5. The van der Waals surface area contributed by atoms with Gasteiger partial charge in [-0.3, -0.25) is 4.79 Å². The molecule has 2 aromatic carbocycles. The Kier molecular flexibility index (Phi) is 8.83. The second-order valence-electron chi connectivity index (χ2n) is 5.28. The van der Waals surface area contributed by atoms with E-state index in [1.54, 1.807) is 12.1 Å². The molecule has 0 aliphatic rings. The average molecular weight is 368 g/mol. The fourth-order valence-corrected chi connectivity index (χ4v) is 2.42. The van der Waals surface area contributed by atoms with Crippen LogP contribution in [0, 0.1) is 0 Å². The summed E-state index contributed by atoms with van der Waals surface area (Å²) in [6.45, 7) is 6.96. The number of benzene rings is 2. The van der Waals surface area contributed by atoms with Gasteiger partial charge in [-0.05, 0) is 61.6 Å².